The van der Waals surface area contributed by atoms with E-state index in [0.717, 1.165) is 44.2 Å². The molecule has 0 radical (unpaired) electrons. The molecule has 2 aromatic carbocycles. The molecule has 1 saturated heterocycles. The van der Waals surface area contributed by atoms with Crippen LogP contribution in [0.4, 0.5) is 0 Å². The standard InChI is InChI=1S/C25H30N2O5/c1-29-21-11-8-18(14-23(21)30-2)7-10-20-6-4-5-13-27(20)25(28)17-32-22-12-9-19(16-26)15-24(22)31-3/h8-9,11-12,14-15,20H,4-7,10,13,17H2,1-3H3. The van der Waals surface area contributed by atoms with Gasteiger partial charge in [0.2, 0.25) is 0 Å². The second-order valence-electron chi connectivity index (χ2n) is 7.73. The van der Waals surface area contributed by atoms with Crippen molar-refractivity contribution in [2.75, 3.05) is 34.5 Å². The number of piperidine rings is 1. The molecule has 0 bridgehead atoms. The van der Waals surface area contributed by atoms with E-state index in [0.29, 0.717) is 28.6 Å². The molecule has 1 fully saturated rings. The van der Waals surface area contributed by atoms with Crippen molar-refractivity contribution >= 4 is 5.91 Å². The molecule has 0 saturated carbocycles. The van der Waals surface area contributed by atoms with Crippen LogP contribution in [0.2, 0.25) is 0 Å². The molecule has 32 heavy (non-hydrogen) atoms. The number of rotatable bonds is 9. The second kappa shape index (κ2) is 11.3. The van der Waals surface area contributed by atoms with Crippen molar-refractivity contribution in [1.82, 2.24) is 4.90 Å². The van der Waals surface area contributed by atoms with Gasteiger partial charge in [-0.05, 0) is 61.9 Å². The second-order valence-corrected chi connectivity index (χ2v) is 7.73. The van der Waals surface area contributed by atoms with E-state index in [1.165, 1.54) is 7.11 Å². The van der Waals surface area contributed by atoms with Crippen LogP contribution in [0.15, 0.2) is 36.4 Å². The lowest BCUT2D eigenvalue weighted by Crippen LogP contribution is -2.46. The van der Waals surface area contributed by atoms with Gasteiger partial charge in [0.15, 0.2) is 29.6 Å². The van der Waals surface area contributed by atoms with Gasteiger partial charge in [0.25, 0.3) is 5.91 Å². The fourth-order valence-electron chi connectivity index (χ4n) is 4.08. The van der Waals surface area contributed by atoms with Crippen molar-refractivity contribution < 1.29 is 23.7 Å². The molecular weight excluding hydrogens is 408 g/mol. The Morgan fingerprint density at radius 3 is 2.44 bits per heavy atom. The van der Waals surface area contributed by atoms with E-state index in [1.807, 2.05) is 23.1 Å². The smallest absolute Gasteiger partial charge is 0.260 e. The number of nitriles is 1. The van der Waals surface area contributed by atoms with Gasteiger partial charge in [-0.15, -0.1) is 0 Å². The Bertz CT molecular complexity index is 969. The van der Waals surface area contributed by atoms with Crippen LogP contribution in [0, 0.1) is 11.3 Å². The number of aryl methyl sites for hydroxylation is 1. The Kier molecular flexibility index (Phi) is 8.20. The lowest BCUT2D eigenvalue weighted by molar-refractivity contribution is -0.137. The summed E-state index contributed by atoms with van der Waals surface area (Å²) < 4.78 is 21.8. The van der Waals surface area contributed by atoms with Gasteiger partial charge in [-0.2, -0.15) is 5.26 Å². The van der Waals surface area contributed by atoms with Crippen LogP contribution >= 0.6 is 0 Å². The predicted molar refractivity (Wildman–Crippen MR) is 120 cm³/mol. The summed E-state index contributed by atoms with van der Waals surface area (Å²) >= 11 is 0. The highest BCUT2D eigenvalue weighted by Crippen LogP contribution is 2.30. The number of carbonyl (C=O) groups excluding carboxylic acids is 1. The number of nitrogens with zero attached hydrogens (tertiary/aromatic N) is 2. The predicted octanol–water partition coefficient (Wildman–Crippen LogP) is 3.98. The third-order valence-electron chi connectivity index (χ3n) is 5.81. The van der Waals surface area contributed by atoms with E-state index in [-0.39, 0.29) is 18.6 Å². The topological polar surface area (TPSA) is 81.0 Å². The van der Waals surface area contributed by atoms with E-state index < -0.39 is 0 Å². The first-order valence-corrected chi connectivity index (χ1v) is 10.8. The van der Waals surface area contributed by atoms with Crippen molar-refractivity contribution in [3.8, 4) is 29.1 Å². The van der Waals surface area contributed by atoms with Gasteiger partial charge in [0.1, 0.15) is 0 Å². The van der Waals surface area contributed by atoms with Crippen LogP contribution < -0.4 is 18.9 Å². The molecule has 7 heteroatoms. The zero-order valence-electron chi connectivity index (χ0n) is 18.9. The molecule has 1 unspecified atom stereocenters. The molecule has 170 valence electrons. The highest BCUT2D eigenvalue weighted by Gasteiger charge is 2.27. The van der Waals surface area contributed by atoms with Gasteiger partial charge in [0.05, 0.1) is 33.0 Å². The molecule has 2 aromatic rings. The van der Waals surface area contributed by atoms with Crippen LogP contribution in [0.3, 0.4) is 0 Å². The average Bonchev–Trinajstić information content (AvgIpc) is 2.85. The first-order valence-electron chi connectivity index (χ1n) is 10.8. The Morgan fingerprint density at radius 1 is 1.00 bits per heavy atom. The van der Waals surface area contributed by atoms with E-state index in [9.17, 15) is 4.79 Å². The number of methoxy groups -OCH3 is 3. The van der Waals surface area contributed by atoms with E-state index in [4.69, 9.17) is 24.2 Å². The SMILES string of the molecule is COc1ccc(CCC2CCCCN2C(=O)COc2ccc(C#N)cc2OC)cc1OC. The lowest BCUT2D eigenvalue weighted by atomic mass is 9.95. The summed E-state index contributed by atoms with van der Waals surface area (Å²) in [6.07, 6.45) is 4.82. The molecule has 3 rings (SSSR count). The van der Waals surface area contributed by atoms with Gasteiger partial charge >= 0.3 is 0 Å². The summed E-state index contributed by atoms with van der Waals surface area (Å²) in [6.45, 7) is 0.679. The maximum absolute atomic E-state index is 13.0. The third-order valence-corrected chi connectivity index (χ3v) is 5.81. The normalized spacial score (nSPS) is 15.6. The Balaban J connectivity index is 1.61. The molecule has 7 nitrogen and oxygen atoms in total. The molecular formula is C25H30N2O5. The van der Waals surface area contributed by atoms with E-state index in [1.54, 1.807) is 32.4 Å². The minimum absolute atomic E-state index is 0.0339. The minimum atomic E-state index is -0.0604. The molecule has 0 N–H and O–H groups in total. The summed E-state index contributed by atoms with van der Waals surface area (Å²) in [6, 6.07) is 13.1. The summed E-state index contributed by atoms with van der Waals surface area (Å²) in [5, 5.41) is 9.03. The molecule has 1 amide bonds. The highest BCUT2D eigenvalue weighted by molar-refractivity contribution is 5.78. The van der Waals surface area contributed by atoms with Crippen molar-refractivity contribution in [3.05, 3.63) is 47.5 Å². The van der Waals surface area contributed by atoms with Crippen molar-refractivity contribution in [1.29, 1.82) is 5.26 Å². The monoisotopic (exact) mass is 438 g/mol. The minimum Gasteiger partial charge on any atom is -0.493 e. The average molecular weight is 439 g/mol. The number of amides is 1. The van der Waals surface area contributed by atoms with Gasteiger partial charge in [-0.3, -0.25) is 4.79 Å². The molecule has 1 aliphatic rings. The van der Waals surface area contributed by atoms with E-state index in [2.05, 4.69) is 6.07 Å². The molecule has 0 aromatic heterocycles. The van der Waals surface area contributed by atoms with Gasteiger partial charge < -0.3 is 23.8 Å². The van der Waals surface area contributed by atoms with Crippen molar-refractivity contribution in [3.63, 3.8) is 0 Å². The number of likely N-dealkylation sites (tertiary alicyclic amines) is 1. The van der Waals surface area contributed by atoms with Gasteiger partial charge in [-0.1, -0.05) is 6.07 Å². The maximum atomic E-state index is 13.0. The lowest BCUT2D eigenvalue weighted by Gasteiger charge is -2.36. The van der Waals surface area contributed by atoms with Crippen molar-refractivity contribution in [2.24, 2.45) is 0 Å². The van der Waals surface area contributed by atoms with Crippen molar-refractivity contribution in [2.45, 2.75) is 38.1 Å². The van der Waals surface area contributed by atoms with E-state index >= 15 is 0 Å². The maximum Gasteiger partial charge on any atom is 0.260 e. The van der Waals surface area contributed by atoms with Crippen LogP contribution in [-0.4, -0.2) is 51.3 Å². The summed E-state index contributed by atoms with van der Waals surface area (Å²) in [4.78, 5) is 14.9. The fraction of sp³-hybridized carbons (Fsp3) is 0.440. The quantitative estimate of drug-likeness (QED) is 0.589. The Labute approximate surface area is 189 Å². The third kappa shape index (κ3) is 5.64. The number of ether oxygens (including phenoxy) is 4. The number of hydrogen-bond acceptors (Lipinski definition) is 6. The zero-order chi connectivity index (χ0) is 22.9. The molecule has 1 aliphatic heterocycles. The number of hydrogen-bond donors (Lipinski definition) is 0. The van der Waals surface area contributed by atoms with Crippen LogP contribution in [-0.2, 0) is 11.2 Å². The first-order chi connectivity index (χ1) is 15.6. The molecule has 0 aliphatic carbocycles. The zero-order valence-corrected chi connectivity index (χ0v) is 18.9. The Morgan fingerprint density at radius 2 is 1.72 bits per heavy atom. The summed E-state index contributed by atoms with van der Waals surface area (Å²) in [7, 11) is 4.77. The number of carbonyl (C=O) groups is 1. The summed E-state index contributed by atoms with van der Waals surface area (Å²) in [5.41, 5.74) is 1.63. The van der Waals surface area contributed by atoms with Gasteiger partial charge in [0, 0.05) is 18.7 Å². The largest absolute Gasteiger partial charge is 0.493 e. The number of benzene rings is 2. The molecule has 1 atom stereocenters. The first kappa shape index (κ1) is 23.3. The van der Waals surface area contributed by atoms with Crippen LogP contribution in [0.1, 0.15) is 36.8 Å². The van der Waals surface area contributed by atoms with Crippen LogP contribution in [0.25, 0.3) is 0 Å². The highest BCUT2D eigenvalue weighted by atomic mass is 16.5. The van der Waals surface area contributed by atoms with Crippen LogP contribution in [0.5, 0.6) is 23.0 Å². The Hall–Kier alpha value is -3.40. The summed E-state index contributed by atoms with van der Waals surface area (Å²) in [5.74, 6) is 2.29. The fourth-order valence-corrected chi connectivity index (χ4v) is 4.08. The van der Waals surface area contributed by atoms with Gasteiger partial charge in [-0.25, -0.2) is 0 Å². The molecule has 0 spiro atoms. The molecule has 1 heterocycles.